The maximum absolute atomic E-state index is 13.1. The van der Waals surface area contributed by atoms with Crippen molar-refractivity contribution in [3.05, 3.63) is 41.0 Å². The number of rotatable bonds is 3. The molecule has 19 heavy (non-hydrogen) atoms. The average molecular weight is 261 g/mol. The van der Waals surface area contributed by atoms with Crippen LogP contribution in [0.15, 0.2) is 22.6 Å². The van der Waals surface area contributed by atoms with Gasteiger partial charge in [-0.2, -0.15) is 0 Å². The van der Waals surface area contributed by atoms with Gasteiger partial charge in [0, 0.05) is 11.5 Å². The fraction of sp³-hybridized carbons (Fsp3) is 0.286. The van der Waals surface area contributed by atoms with Crippen molar-refractivity contribution in [1.29, 1.82) is 0 Å². The second-order valence-electron chi connectivity index (χ2n) is 4.77. The number of aromatic carboxylic acids is 1. The van der Waals surface area contributed by atoms with E-state index in [0.717, 1.165) is 12.8 Å². The Bertz CT molecular complexity index is 659. The number of aromatic nitrogens is 1. The quantitative estimate of drug-likeness (QED) is 0.920. The molecule has 2 aromatic rings. The Hall–Kier alpha value is -2.17. The van der Waals surface area contributed by atoms with Crippen LogP contribution in [0.1, 0.15) is 40.6 Å². The summed E-state index contributed by atoms with van der Waals surface area (Å²) in [5.41, 5.74) is 1.79. The lowest BCUT2D eigenvalue weighted by Crippen LogP contribution is -1.98. The predicted molar refractivity (Wildman–Crippen MR) is 65.6 cm³/mol. The van der Waals surface area contributed by atoms with Crippen LogP contribution < -0.4 is 0 Å². The maximum atomic E-state index is 13.1. The third kappa shape index (κ3) is 2.12. The van der Waals surface area contributed by atoms with Crippen LogP contribution in [0.25, 0.3) is 11.5 Å². The largest absolute Gasteiger partial charge is 0.475 e. The van der Waals surface area contributed by atoms with E-state index in [4.69, 9.17) is 9.52 Å². The number of carboxylic acid groups (broad SMARTS) is 1. The lowest BCUT2D eigenvalue weighted by molar-refractivity contribution is 0.0661. The number of aryl methyl sites for hydroxylation is 1. The molecule has 1 saturated carbocycles. The monoisotopic (exact) mass is 261 g/mol. The van der Waals surface area contributed by atoms with E-state index in [2.05, 4.69) is 4.98 Å². The third-order valence-electron chi connectivity index (χ3n) is 3.23. The summed E-state index contributed by atoms with van der Waals surface area (Å²) in [6.07, 6.45) is 1.88. The molecule has 4 nitrogen and oxygen atoms in total. The molecule has 1 aromatic heterocycles. The normalized spacial score (nSPS) is 14.6. The third-order valence-corrected chi connectivity index (χ3v) is 3.23. The molecule has 0 radical (unpaired) electrons. The number of oxazole rings is 1. The van der Waals surface area contributed by atoms with Crippen molar-refractivity contribution in [3.8, 4) is 11.5 Å². The van der Waals surface area contributed by atoms with Crippen molar-refractivity contribution < 1.29 is 18.7 Å². The fourth-order valence-corrected chi connectivity index (χ4v) is 2.10. The van der Waals surface area contributed by atoms with Crippen molar-refractivity contribution in [1.82, 2.24) is 4.98 Å². The minimum atomic E-state index is -1.11. The first-order chi connectivity index (χ1) is 9.06. The number of carbonyl (C=O) groups is 1. The first-order valence-electron chi connectivity index (χ1n) is 6.07. The minimum absolute atomic E-state index is 0.0961. The molecule has 5 heteroatoms. The highest BCUT2D eigenvalue weighted by Gasteiger charge is 2.33. The molecule has 0 saturated heterocycles. The number of hydrogen-bond acceptors (Lipinski definition) is 3. The van der Waals surface area contributed by atoms with Gasteiger partial charge in [-0.1, -0.05) is 0 Å². The van der Waals surface area contributed by atoms with Crippen molar-refractivity contribution in [3.63, 3.8) is 0 Å². The number of hydrogen-bond donors (Lipinski definition) is 1. The first-order valence-corrected chi connectivity index (χ1v) is 6.07. The zero-order chi connectivity index (χ0) is 13.6. The number of carboxylic acids is 1. The molecule has 0 spiro atoms. The van der Waals surface area contributed by atoms with Gasteiger partial charge in [-0.15, -0.1) is 0 Å². The molecule has 1 aliphatic rings. The summed E-state index contributed by atoms with van der Waals surface area (Å²) in [4.78, 5) is 15.4. The maximum Gasteiger partial charge on any atom is 0.373 e. The standard InChI is InChI=1S/C14H12FNO3/c1-7-6-9(15)4-5-10(7)13-16-11(8-2-3-8)12(19-13)14(17)18/h4-6,8H,2-3H2,1H3,(H,17,18). The van der Waals surface area contributed by atoms with Crippen LogP contribution in [0, 0.1) is 12.7 Å². The summed E-state index contributed by atoms with van der Waals surface area (Å²) in [6, 6.07) is 4.24. The molecule has 0 amide bonds. The van der Waals surface area contributed by atoms with Gasteiger partial charge >= 0.3 is 5.97 Å². The summed E-state index contributed by atoms with van der Waals surface area (Å²) in [6.45, 7) is 1.74. The number of halogens is 1. The lowest BCUT2D eigenvalue weighted by atomic mass is 10.1. The molecule has 0 unspecified atom stereocenters. The van der Waals surface area contributed by atoms with E-state index in [1.54, 1.807) is 13.0 Å². The van der Waals surface area contributed by atoms with E-state index in [0.29, 0.717) is 16.8 Å². The van der Waals surface area contributed by atoms with Gasteiger partial charge in [-0.3, -0.25) is 0 Å². The van der Waals surface area contributed by atoms with Crippen LogP contribution in [0.4, 0.5) is 4.39 Å². The molecule has 1 aromatic carbocycles. The van der Waals surface area contributed by atoms with Gasteiger partial charge in [-0.05, 0) is 43.5 Å². The Labute approximate surface area is 108 Å². The summed E-state index contributed by atoms with van der Waals surface area (Å²) in [5, 5.41) is 9.12. The molecule has 1 aliphatic carbocycles. The highest BCUT2D eigenvalue weighted by Crippen LogP contribution is 2.42. The van der Waals surface area contributed by atoms with Gasteiger partial charge in [0.2, 0.25) is 11.7 Å². The van der Waals surface area contributed by atoms with Crippen LogP contribution in [0.3, 0.4) is 0 Å². The SMILES string of the molecule is Cc1cc(F)ccc1-c1nc(C2CC2)c(C(=O)O)o1. The van der Waals surface area contributed by atoms with Crippen molar-refractivity contribution in [2.24, 2.45) is 0 Å². The molecular weight excluding hydrogens is 249 g/mol. The van der Waals surface area contributed by atoms with Gasteiger partial charge in [0.15, 0.2) is 0 Å². The Morgan fingerprint density at radius 3 is 2.79 bits per heavy atom. The zero-order valence-electron chi connectivity index (χ0n) is 10.3. The van der Waals surface area contributed by atoms with E-state index < -0.39 is 5.97 Å². The topological polar surface area (TPSA) is 63.3 Å². The summed E-state index contributed by atoms with van der Waals surface area (Å²) < 4.78 is 18.4. The van der Waals surface area contributed by atoms with Gasteiger partial charge in [0.25, 0.3) is 0 Å². The lowest BCUT2D eigenvalue weighted by Gasteiger charge is -2.00. The summed E-state index contributed by atoms with van der Waals surface area (Å²) in [5.74, 6) is -1.11. The predicted octanol–water partition coefficient (Wildman–Crippen LogP) is 3.36. The second-order valence-corrected chi connectivity index (χ2v) is 4.77. The molecule has 98 valence electrons. The van der Waals surface area contributed by atoms with Crippen molar-refractivity contribution >= 4 is 5.97 Å². The Morgan fingerprint density at radius 2 is 2.21 bits per heavy atom. The Kier molecular flexibility index (Phi) is 2.62. The van der Waals surface area contributed by atoms with Crippen LogP contribution >= 0.6 is 0 Å². The van der Waals surface area contributed by atoms with E-state index in [1.807, 2.05) is 0 Å². The van der Waals surface area contributed by atoms with E-state index in [1.165, 1.54) is 12.1 Å². The highest BCUT2D eigenvalue weighted by atomic mass is 19.1. The summed E-state index contributed by atoms with van der Waals surface area (Å²) in [7, 11) is 0. The molecule has 1 heterocycles. The van der Waals surface area contributed by atoms with Gasteiger partial charge in [0.1, 0.15) is 5.82 Å². The van der Waals surface area contributed by atoms with E-state index in [-0.39, 0.29) is 23.4 Å². The molecule has 1 N–H and O–H groups in total. The minimum Gasteiger partial charge on any atom is -0.475 e. The molecule has 0 aliphatic heterocycles. The molecule has 3 rings (SSSR count). The van der Waals surface area contributed by atoms with E-state index >= 15 is 0 Å². The molecule has 0 bridgehead atoms. The highest BCUT2D eigenvalue weighted by molar-refractivity contribution is 5.86. The van der Waals surface area contributed by atoms with E-state index in [9.17, 15) is 9.18 Å². The molecule has 1 fully saturated rings. The number of nitrogens with zero attached hydrogens (tertiary/aromatic N) is 1. The van der Waals surface area contributed by atoms with Crippen molar-refractivity contribution in [2.75, 3.05) is 0 Å². The van der Waals surface area contributed by atoms with Crippen molar-refractivity contribution in [2.45, 2.75) is 25.7 Å². The van der Waals surface area contributed by atoms with Crippen LogP contribution in [-0.4, -0.2) is 16.1 Å². The number of benzene rings is 1. The van der Waals surface area contributed by atoms with Gasteiger partial charge in [0.05, 0.1) is 5.69 Å². The fourth-order valence-electron chi connectivity index (χ4n) is 2.10. The van der Waals surface area contributed by atoms with Crippen LogP contribution in [0.2, 0.25) is 0 Å². The molecular formula is C14H12FNO3. The zero-order valence-corrected chi connectivity index (χ0v) is 10.3. The Balaban J connectivity index is 2.10. The average Bonchev–Trinajstić information content (AvgIpc) is 3.09. The van der Waals surface area contributed by atoms with Crippen LogP contribution in [0.5, 0.6) is 0 Å². The molecule has 0 atom stereocenters. The van der Waals surface area contributed by atoms with Gasteiger partial charge < -0.3 is 9.52 Å². The second kappa shape index (κ2) is 4.19. The Morgan fingerprint density at radius 1 is 1.47 bits per heavy atom. The first kappa shape index (κ1) is 11.9. The van der Waals surface area contributed by atoms with Gasteiger partial charge in [-0.25, -0.2) is 14.2 Å². The van der Waals surface area contributed by atoms with Crippen LogP contribution in [-0.2, 0) is 0 Å². The smallest absolute Gasteiger partial charge is 0.373 e. The summed E-state index contributed by atoms with van der Waals surface area (Å²) >= 11 is 0.